The molecule has 3 rings (SSSR count). The van der Waals surface area contributed by atoms with Crippen LogP contribution < -0.4 is 5.32 Å². The maximum absolute atomic E-state index is 11.0. The molecule has 3 aromatic rings. The van der Waals surface area contributed by atoms with Crippen LogP contribution in [-0.2, 0) is 13.0 Å². The molecule has 6 heteroatoms. The second-order valence-corrected chi connectivity index (χ2v) is 6.57. The van der Waals surface area contributed by atoms with Crippen LogP contribution in [0.4, 0.5) is 0 Å². The zero-order valence-corrected chi connectivity index (χ0v) is 15.1. The van der Waals surface area contributed by atoms with Crippen molar-refractivity contribution >= 4 is 5.97 Å². The van der Waals surface area contributed by atoms with Gasteiger partial charge in [0.25, 0.3) is 0 Å². The summed E-state index contributed by atoms with van der Waals surface area (Å²) in [6, 6.07) is 13.0. The first-order valence-corrected chi connectivity index (χ1v) is 8.81. The molecule has 0 radical (unpaired) electrons. The van der Waals surface area contributed by atoms with Crippen LogP contribution in [0, 0.1) is 6.92 Å². The summed E-state index contributed by atoms with van der Waals surface area (Å²) in [4.78, 5) is 18.1. The average Bonchev–Trinajstić information content (AvgIpc) is 3.19. The minimum absolute atomic E-state index is 0.0361. The predicted molar refractivity (Wildman–Crippen MR) is 104 cm³/mol. The Kier molecular flexibility index (Phi) is 6.01. The minimum atomic E-state index is -0.927. The normalized spacial score (nSPS) is 12.1. The molecule has 1 aromatic heterocycles. The Morgan fingerprint density at radius 2 is 2.00 bits per heavy atom. The lowest BCUT2D eigenvalue weighted by molar-refractivity contribution is 0.0697. The molecule has 6 nitrogen and oxygen atoms in total. The van der Waals surface area contributed by atoms with E-state index < -0.39 is 5.97 Å². The lowest BCUT2D eigenvalue weighted by atomic mass is 9.97. The van der Waals surface area contributed by atoms with Gasteiger partial charge in [-0.05, 0) is 47.4 Å². The zero-order valence-electron chi connectivity index (χ0n) is 15.1. The predicted octanol–water partition coefficient (Wildman–Crippen LogP) is 2.78. The van der Waals surface area contributed by atoms with Gasteiger partial charge in [0.1, 0.15) is 0 Å². The van der Waals surface area contributed by atoms with Gasteiger partial charge < -0.3 is 20.5 Å². The molecule has 1 unspecified atom stereocenters. The van der Waals surface area contributed by atoms with Crippen molar-refractivity contribution in [3.05, 3.63) is 77.4 Å². The molecule has 0 spiro atoms. The highest BCUT2D eigenvalue weighted by Crippen LogP contribution is 2.25. The number of rotatable bonds is 8. The highest BCUT2D eigenvalue weighted by molar-refractivity contribution is 5.88. The van der Waals surface area contributed by atoms with Crippen molar-refractivity contribution in [2.75, 3.05) is 6.61 Å². The number of nitrogens with zero attached hydrogens (tertiary/aromatic N) is 1. The average molecular weight is 365 g/mol. The number of H-pyrrole nitrogens is 1. The first-order chi connectivity index (χ1) is 13.1. The fraction of sp³-hybridized carbons (Fsp3) is 0.238. The Hall–Kier alpha value is -2.96. The number of nitrogens with one attached hydrogen (secondary N) is 2. The Morgan fingerprint density at radius 1 is 1.22 bits per heavy atom. The molecule has 0 fully saturated rings. The molecule has 27 heavy (non-hydrogen) atoms. The van der Waals surface area contributed by atoms with E-state index in [9.17, 15) is 9.90 Å². The summed E-state index contributed by atoms with van der Waals surface area (Å²) >= 11 is 0. The maximum Gasteiger partial charge on any atom is 0.335 e. The summed E-state index contributed by atoms with van der Waals surface area (Å²) in [5.41, 5.74) is 5.53. The molecule has 0 aliphatic carbocycles. The number of aromatic nitrogens is 2. The number of benzene rings is 2. The van der Waals surface area contributed by atoms with Crippen LogP contribution >= 0.6 is 0 Å². The molecular formula is C21H23N3O3. The lowest BCUT2D eigenvalue weighted by Crippen LogP contribution is -2.34. The number of carbonyl (C=O) groups is 1. The van der Waals surface area contributed by atoms with E-state index in [1.165, 1.54) is 0 Å². The van der Waals surface area contributed by atoms with E-state index in [0.29, 0.717) is 13.0 Å². The summed E-state index contributed by atoms with van der Waals surface area (Å²) in [6.45, 7) is 2.70. The van der Waals surface area contributed by atoms with Crippen molar-refractivity contribution in [3.63, 3.8) is 0 Å². The van der Waals surface area contributed by atoms with Gasteiger partial charge in [0.05, 0.1) is 18.5 Å². The summed E-state index contributed by atoms with van der Waals surface area (Å²) in [6.07, 6.45) is 4.06. The highest BCUT2D eigenvalue weighted by atomic mass is 16.4. The molecule has 2 aromatic carbocycles. The van der Waals surface area contributed by atoms with Crippen molar-refractivity contribution in [1.82, 2.24) is 15.3 Å². The van der Waals surface area contributed by atoms with Gasteiger partial charge in [-0.2, -0.15) is 0 Å². The number of aromatic amines is 1. The number of aryl methyl sites for hydroxylation is 1. The van der Waals surface area contributed by atoms with Crippen LogP contribution in [0.2, 0.25) is 0 Å². The maximum atomic E-state index is 11.0. The Balaban J connectivity index is 1.71. The number of imidazole rings is 1. The second-order valence-electron chi connectivity index (χ2n) is 6.57. The van der Waals surface area contributed by atoms with Crippen molar-refractivity contribution < 1.29 is 15.0 Å². The molecule has 1 atom stereocenters. The van der Waals surface area contributed by atoms with E-state index in [1.807, 2.05) is 19.1 Å². The number of carboxylic acids is 1. The Labute approximate surface area is 157 Å². The quantitative estimate of drug-likeness (QED) is 0.492. The molecule has 4 N–H and O–H groups in total. The highest BCUT2D eigenvalue weighted by Gasteiger charge is 2.10. The largest absolute Gasteiger partial charge is 0.478 e. The minimum Gasteiger partial charge on any atom is -0.478 e. The van der Waals surface area contributed by atoms with E-state index in [2.05, 4.69) is 33.5 Å². The monoisotopic (exact) mass is 365 g/mol. The van der Waals surface area contributed by atoms with Crippen molar-refractivity contribution in [3.8, 4) is 11.1 Å². The van der Waals surface area contributed by atoms with Crippen LogP contribution in [0.15, 0.2) is 55.0 Å². The van der Waals surface area contributed by atoms with E-state index in [1.54, 1.807) is 24.7 Å². The second kappa shape index (κ2) is 8.62. The van der Waals surface area contributed by atoms with Crippen LogP contribution in [0.25, 0.3) is 11.1 Å². The SMILES string of the molecule is Cc1ccc(CNC(CO)Cc2cnc[nH]2)cc1-c1ccc(C(=O)O)cc1. The van der Waals surface area contributed by atoms with E-state index in [-0.39, 0.29) is 18.2 Å². The van der Waals surface area contributed by atoms with Gasteiger partial charge in [-0.3, -0.25) is 0 Å². The Bertz CT molecular complexity index is 890. The van der Waals surface area contributed by atoms with Gasteiger partial charge in [-0.15, -0.1) is 0 Å². The summed E-state index contributed by atoms with van der Waals surface area (Å²) in [7, 11) is 0. The van der Waals surface area contributed by atoms with Crippen LogP contribution in [0.1, 0.15) is 27.2 Å². The first-order valence-electron chi connectivity index (χ1n) is 8.81. The van der Waals surface area contributed by atoms with Gasteiger partial charge in [-0.25, -0.2) is 9.78 Å². The fourth-order valence-corrected chi connectivity index (χ4v) is 3.01. The number of hydrogen-bond donors (Lipinski definition) is 4. The van der Waals surface area contributed by atoms with E-state index in [4.69, 9.17) is 5.11 Å². The van der Waals surface area contributed by atoms with Crippen molar-refractivity contribution in [2.24, 2.45) is 0 Å². The molecule has 140 valence electrons. The van der Waals surface area contributed by atoms with Gasteiger partial charge in [-0.1, -0.05) is 24.3 Å². The van der Waals surface area contributed by atoms with Crippen LogP contribution in [0.5, 0.6) is 0 Å². The molecule has 1 heterocycles. The lowest BCUT2D eigenvalue weighted by Gasteiger charge is -2.16. The van der Waals surface area contributed by atoms with Crippen molar-refractivity contribution in [2.45, 2.75) is 25.9 Å². The van der Waals surface area contributed by atoms with E-state index >= 15 is 0 Å². The van der Waals surface area contributed by atoms with Crippen molar-refractivity contribution in [1.29, 1.82) is 0 Å². The number of carboxylic acid groups (broad SMARTS) is 1. The number of hydrogen-bond acceptors (Lipinski definition) is 4. The molecular weight excluding hydrogens is 342 g/mol. The Morgan fingerprint density at radius 3 is 2.63 bits per heavy atom. The number of aliphatic hydroxyl groups excluding tert-OH is 1. The van der Waals surface area contributed by atoms with Crippen LogP contribution in [0.3, 0.4) is 0 Å². The molecule has 0 bridgehead atoms. The van der Waals surface area contributed by atoms with Gasteiger partial charge in [0, 0.05) is 30.9 Å². The first kappa shape index (κ1) is 18.8. The van der Waals surface area contributed by atoms with Gasteiger partial charge >= 0.3 is 5.97 Å². The third kappa shape index (κ3) is 4.81. The smallest absolute Gasteiger partial charge is 0.335 e. The number of aromatic carboxylic acids is 1. The molecule has 0 saturated carbocycles. The third-order valence-corrected chi connectivity index (χ3v) is 4.58. The third-order valence-electron chi connectivity index (χ3n) is 4.58. The topological polar surface area (TPSA) is 98.2 Å². The molecule has 0 amide bonds. The van der Waals surface area contributed by atoms with Gasteiger partial charge in [0.15, 0.2) is 0 Å². The number of aliphatic hydroxyl groups is 1. The zero-order chi connectivity index (χ0) is 19.2. The van der Waals surface area contributed by atoms with E-state index in [0.717, 1.165) is 27.9 Å². The summed E-state index contributed by atoms with van der Waals surface area (Å²) in [5.74, 6) is -0.927. The summed E-state index contributed by atoms with van der Waals surface area (Å²) in [5, 5.41) is 22.0. The molecule has 0 aliphatic heterocycles. The fourth-order valence-electron chi connectivity index (χ4n) is 3.01. The van der Waals surface area contributed by atoms with Gasteiger partial charge in [0.2, 0.25) is 0 Å². The van der Waals surface area contributed by atoms with Crippen LogP contribution in [-0.4, -0.2) is 38.8 Å². The molecule has 0 aliphatic rings. The summed E-state index contributed by atoms with van der Waals surface area (Å²) < 4.78 is 0. The standard InChI is InChI=1S/C21H23N3O3/c1-14-2-3-15(10-23-19(12-25)9-18-11-22-13-24-18)8-20(14)16-4-6-17(7-5-16)21(26)27/h2-8,11,13,19,23,25H,9-10,12H2,1H3,(H,22,24)(H,26,27). The molecule has 0 saturated heterocycles.